The van der Waals surface area contributed by atoms with Crippen LogP contribution in [-0.2, 0) is 4.74 Å². The molecule has 7 nitrogen and oxygen atoms in total. The van der Waals surface area contributed by atoms with Gasteiger partial charge in [0.2, 0.25) is 0 Å². The summed E-state index contributed by atoms with van der Waals surface area (Å²) < 4.78 is 6.39. The number of anilines is 1. The summed E-state index contributed by atoms with van der Waals surface area (Å²) >= 11 is 3.50. The van der Waals surface area contributed by atoms with Gasteiger partial charge < -0.3 is 14.5 Å². The molecule has 26 heavy (non-hydrogen) atoms. The van der Waals surface area contributed by atoms with Gasteiger partial charge in [-0.25, -0.2) is 14.8 Å². The van der Waals surface area contributed by atoms with E-state index in [1.807, 2.05) is 27.7 Å². The van der Waals surface area contributed by atoms with E-state index in [2.05, 4.69) is 42.7 Å². The van der Waals surface area contributed by atoms with Crippen molar-refractivity contribution in [2.75, 3.05) is 18.0 Å². The summed E-state index contributed by atoms with van der Waals surface area (Å²) in [5.74, 6) is 0.840. The van der Waals surface area contributed by atoms with Crippen LogP contribution in [0, 0.1) is 0 Å². The Morgan fingerprint density at radius 3 is 2.62 bits per heavy atom. The Kier molecular flexibility index (Phi) is 5.05. The Morgan fingerprint density at radius 1 is 1.19 bits per heavy atom. The number of aromatic nitrogens is 3. The first-order chi connectivity index (χ1) is 12.2. The largest absolute Gasteiger partial charge is 0.444 e. The summed E-state index contributed by atoms with van der Waals surface area (Å²) in [6.07, 6.45) is 4.81. The number of pyridine rings is 1. The number of ether oxygens (including phenoxy) is 1. The molecule has 0 spiro atoms. The van der Waals surface area contributed by atoms with Crippen molar-refractivity contribution in [1.82, 2.24) is 19.9 Å². The molecule has 2 atom stereocenters. The summed E-state index contributed by atoms with van der Waals surface area (Å²) in [7, 11) is 0. The third-order valence-corrected chi connectivity index (χ3v) is 4.95. The van der Waals surface area contributed by atoms with Crippen LogP contribution in [0.2, 0.25) is 0 Å². The van der Waals surface area contributed by atoms with E-state index in [1.54, 1.807) is 23.6 Å². The highest BCUT2D eigenvalue weighted by atomic mass is 79.9. The van der Waals surface area contributed by atoms with Gasteiger partial charge >= 0.3 is 6.09 Å². The zero-order valence-electron chi connectivity index (χ0n) is 15.7. The van der Waals surface area contributed by atoms with Crippen molar-refractivity contribution in [1.29, 1.82) is 0 Å². The van der Waals surface area contributed by atoms with Crippen LogP contribution in [0.3, 0.4) is 0 Å². The maximum absolute atomic E-state index is 12.5. The molecule has 0 bridgehead atoms. The SMILES string of the molecule is C[C@@H]1CN(c2ncnc3c(Br)cncc23)[C@@H](C)CN1C(=O)OC(C)(C)C. The third-order valence-electron chi connectivity index (χ3n) is 4.37. The van der Waals surface area contributed by atoms with Crippen molar-refractivity contribution < 1.29 is 9.53 Å². The molecule has 0 unspecified atom stereocenters. The summed E-state index contributed by atoms with van der Waals surface area (Å²) in [5, 5.41) is 0.895. The van der Waals surface area contributed by atoms with Crippen molar-refractivity contribution >= 4 is 38.7 Å². The maximum Gasteiger partial charge on any atom is 0.410 e. The number of carbonyl (C=O) groups is 1. The van der Waals surface area contributed by atoms with Gasteiger partial charge in [0.15, 0.2) is 0 Å². The fraction of sp³-hybridized carbons (Fsp3) is 0.556. The van der Waals surface area contributed by atoms with Crippen LogP contribution in [-0.4, -0.2) is 56.7 Å². The standard InChI is InChI=1S/C18H24BrN5O2/c1-11-9-24(17(25)26-18(3,4)5)12(2)8-23(11)16-13-6-20-7-14(19)15(13)21-10-22-16/h6-7,10-12H,8-9H2,1-5H3/t11-,12+/m0/s1. The maximum atomic E-state index is 12.5. The van der Waals surface area contributed by atoms with Gasteiger partial charge in [-0.2, -0.15) is 0 Å². The molecule has 1 fully saturated rings. The lowest BCUT2D eigenvalue weighted by Gasteiger charge is -2.44. The molecule has 2 aromatic rings. The zero-order chi connectivity index (χ0) is 19.1. The van der Waals surface area contributed by atoms with E-state index < -0.39 is 5.60 Å². The number of rotatable bonds is 1. The molecule has 140 valence electrons. The predicted octanol–water partition coefficient (Wildman–Crippen LogP) is 3.62. The molecule has 1 saturated heterocycles. The number of fused-ring (bicyclic) bond motifs is 1. The number of amides is 1. The summed E-state index contributed by atoms with van der Waals surface area (Å²) in [6, 6.07) is 0.0991. The minimum Gasteiger partial charge on any atom is -0.444 e. The molecule has 0 radical (unpaired) electrons. The summed E-state index contributed by atoms with van der Waals surface area (Å²) in [5.41, 5.74) is 0.331. The van der Waals surface area contributed by atoms with Crippen molar-refractivity contribution in [2.24, 2.45) is 0 Å². The second-order valence-corrected chi connectivity index (χ2v) is 8.55. The Balaban J connectivity index is 1.87. The predicted molar refractivity (Wildman–Crippen MR) is 104 cm³/mol. The van der Waals surface area contributed by atoms with E-state index in [0.29, 0.717) is 13.1 Å². The monoisotopic (exact) mass is 421 g/mol. The van der Waals surface area contributed by atoms with Gasteiger partial charge in [-0.15, -0.1) is 0 Å². The normalized spacial score (nSPS) is 21.2. The number of halogens is 1. The second-order valence-electron chi connectivity index (χ2n) is 7.70. The Bertz CT molecular complexity index is 823. The Labute approximate surface area is 161 Å². The molecule has 0 aliphatic carbocycles. The van der Waals surface area contributed by atoms with Gasteiger partial charge in [0, 0.05) is 37.6 Å². The van der Waals surface area contributed by atoms with E-state index in [9.17, 15) is 4.79 Å². The molecule has 1 amide bonds. The van der Waals surface area contributed by atoms with Crippen molar-refractivity contribution in [3.8, 4) is 0 Å². The molecule has 0 aromatic carbocycles. The summed E-state index contributed by atoms with van der Waals surface area (Å²) in [4.78, 5) is 29.6. The van der Waals surface area contributed by atoms with E-state index in [4.69, 9.17) is 4.74 Å². The lowest BCUT2D eigenvalue weighted by molar-refractivity contribution is 0.0130. The molecule has 3 rings (SSSR count). The fourth-order valence-electron chi connectivity index (χ4n) is 3.16. The molecule has 0 N–H and O–H groups in total. The molecule has 8 heteroatoms. The molecule has 3 heterocycles. The number of nitrogens with zero attached hydrogens (tertiary/aromatic N) is 5. The van der Waals surface area contributed by atoms with Crippen molar-refractivity contribution in [3.05, 3.63) is 23.2 Å². The number of hydrogen-bond acceptors (Lipinski definition) is 6. The Hall–Kier alpha value is -1.96. The quantitative estimate of drug-likeness (QED) is 0.699. The van der Waals surface area contributed by atoms with Crippen LogP contribution in [0.5, 0.6) is 0 Å². The topological polar surface area (TPSA) is 71.5 Å². The average molecular weight is 422 g/mol. The first kappa shape index (κ1) is 18.8. The molecule has 1 aliphatic heterocycles. The summed E-state index contributed by atoms with van der Waals surface area (Å²) in [6.45, 7) is 11.0. The lowest BCUT2D eigenvalue weighted by Crippen LogP contribution is -2.59. The molecule has 2 aromatic heterocycles. The van der Waals surface area contributed by atoms with E-state index in [1.165, 1.54) is 0 Å². The molecular weight excluding hydrogens is 398 g/mol. The van der Waals surface area contributed by atoms with Crippen LogP contribution < -0.4 is 4.90 Å². The van der Waals surface area contributed by atoms with Crippen LogP contribution in [0.25, 0.3) is 10.9 Å². The number of piperazine rings is 1. The van der Waals surface area contributed by atoms with Crippen LogP contribution in [0.15, 0.2) is 23.2 Å². The molecule has 0 saturated carbocycles. The third kappa shape index (κ3) is 3.75. The first-order valence-corrected chi connectivity index (χ1v) is 9.47. The first-order valence-electron chi connectivity index (χ1n) is 8.68. The van der Waals surface area contributed by atoms with Crippen molar-refractivity contribution in [3.63, 3.8) is 0 Å². The highest BCUT2D eigenvalue weighted by Gasteiger charge is 2.35. The number of hydrogen-bond donors (Lipinski definition) is 0. The van der Waals surface area contributed by atoms with Crippen LogP contribution in [0.4, 0.5) is 10.6 Å². The van der Waals surface area contributed by atoms with Gasteiger partial charge in [0.25, 0.3) is 0 Å². The van der Waals surface area contributed by atoms with Crippen molar-refractivity contribution in [2.45, 2.75) is 52.3 Å². The van der Waals surface area contributed by atoms with Crippen LogP contribution >= 0.6 is 15.9 Å². The van der Waals surface area contributed by atoms with E-state index in [-0.39, 0.29) is 18.2 Å². The van der Waals surface area contributed by atoms with E-state index >= 15 is 0 Å². The minimum atomic E-state index is -0.502. The molecular formula is C18H24BrN5O2. The average Bonchev–Trinajstić information content (AvgIpc) is 2.55. The van der Waals surface area contributed by atoms with Crippen LogP contribution in [0.1, 0.15) is 34.6 Å². The van der Waals surface area contributed by atoms with Gasteiger partial charge in [-0.1, -0.05) is 0 Å². The van der Waals surface area contributed by atoms with Gasteiger partial charge in [-0.05, 0) is 50.5 Å². The lowest BCUT2D eigenvalue weighted by atomic mass is 10.1. The van der Waals surface area contributed by atoms with E-state index in [0.717, 1.165) is 21.2 Å². The van der Waals surface area contributed by atoms with Gasteiger partial charge in [-0.3, -0.25) is 4.98 Å². The molecule has 1 aliphatic rings. The van der Waals surface area contributed by atoms with Gasteiger partial charge in [0.1, 0.15) is 17.7 Å². The Morgan fingerprint density at radius 2 is 1.92 bits per heavy atom. The highest BCUT2D eigenvalue weighted by Crippen LogP contribution is 2.30. The smallest absolute Gasteiger partial charge is 0.410 e. The fourth-order valence-corrected chi connectivity index (χ4v) is 3.59. The zero-order valence-corrected chi connectivity index (χ0v) is 17.3. The highest BCUT2D eigenvalue weighted by molar-refractivity contribution is 9.10. The minimum absolute atomic E-state index is 0.00572. The second kappa shape index (κ2) is 6.98. The van der Waals surface area contributed by atoms with Gasteiger partial charge in [0.05, 0.1) is 15.4 Å². The number of carbonyl (C=O) groups excluding carboxylic acids is 1.